The molecule has 1 fully saturated rings. The maximum Gasteiger partial charge on any atom is 0.410 e. The van der Waals surface area contributed by atoms with E-state index in [-0.39, 0.29) is 19.4 Å². The Morgan fingerprint density at radius 2 is 1.95 bits per heavy atom. The van der Waals surface area contributed by atoms with E-state index in [1.165, 1.54) is 0 Å². The monoisotopic (exact) mass is 307 g/mol. The van der Waals surface area contributed by atoms with Gasteiger partial charge in [0.05, 0.1) is 13.2 Å². The van der Waals surface area contributed by atoms with Crippen LogP contribution in [0.25, 0.3) is 0 Å². The molecule has 1 amide bonds. The molecule has 0 N–H and O–H groups in total. The third-order valence-corrected chi connectivity index (χ3v) is 2.99. The quantitative estimate of drug-likeness (QED) is 0.749. The Kier molecular flexibility index (Phi) is 5.53. The minimum atomic E-state index is -2.95. The molecule has 0 aromatic rings. The summed E-state index contributed by atoms with van der Waals surface area (Å²) in [4.78, 5) is 24.3. The summed E-state index contributed by atoms with van der Waals surface area (Å²) in [6.45, 7) is 6.27. The van der Waals surface area contributed by atoms with Gasteiger partial charge in [0.25, 0.3) is 5.92 Å². The summed E-state index contributed by atoms with van der Waals surface area (Å²) in [5.74, 6) is -3.40. The first-order valence-corrected chi connectivity index (χ1v) is 7.07. The lowest BCUT2D eigenvalue weighted by Gasteiger charge is -2.28. The normalized spacial score (nSPS) is 21.2. The van der Waals surface area contributed by atoms with Crippen LogP contribution < -0.4 is 0 Å². The summed E-state index contributed by atoms with van der Waals surface area (Å²) in [5.41, 5.74) is -0.749. The van der Waals surface area contributed by atoms with Crippen LogP contribution in [-0.4, -0.2) is 47.7 Å². The molecule has 0 spiro atoms. The minimum Gasteiger partial charge on any atom is -0.466 e. The Morgan fingerprint density at radius 1 is 1.33 bits per heavy atom. The number of alkyl halides is 2. The van der Waals surface area contributed by atoms with Gasteiger partial charge in [-0.15, -0.1) is 0 Å². The predicted molar refractivity (Wildman–Crippen MR) is 72.2 cm³/mol. The Hall–Kier alpha value is -1.40. The minimum absolute atomic E-state index is 0.00782. The number of ether oxygens (including phenoxy) is 2. The molecule has 7 heteroatoms. The van der Waals surface area contributed by atoms with Crippen molar-refractivity contribution >= 4 is 12.1 Å². The van der Waals surface area contributed by atoms with Crippen LogP contribution in [0, 0.1) is 0 Å². The highest BCUT2D eigenvalue weighted by atomic mass is 19.3. The highest BCUT2D eigenvalue weighted by molar-refractivity contribution is 5.71. The van der Waals surface area contributed by atoms with Crippen LogP contribution >= 0.6 is 0 Å². The standard InChI is InChI=1S/C14H23F2NO4/c1-5-20-11(18)7-6-10-8-14(15,16)9-17(10)12(19)21-13(2,3)4/h10H,5-9H2,1-4H3. The number of hydrogen-bond donors (Lipinski definition) is 0. The largest absolute Gasteiger partial charge is 0.466 e. The van der Waals surface area contributed by atoms with Crippen molar-refractivity contribution in [1.82, 2.24) is 4.90 Å². The van der Waals surface area contributed by atoms with Gasteiger partial charge in [0.1, 0.15) is 5.60 Å². The third kappa shape index (κ3) is 5.85. The van der Waals surface area contributed by atoms with E-state index >= 15 is 0 Å². The molecule has 1 aliphatic rings. The SMILES string of the molecule is CCOC(=O)CCC1CC(F)(F)CN1C(=O)OC(C)(C)C. The van der Waals surface area contributed by atoms with Crippen molar-refractivity contribution in [3.8, 4) is 0 Å². The molecular formula is C14H23F2NO4. The first-order valence-electron chi connectivity index (χ1n) is 7.07. The van der Waals surface area contributed by atoms with Crippen LogP contribution in [0.15, 0.2) is 0 Å². The highest BCUT2D eigenvalue weighted by Gasteiger charge is 2.48. The van der Waals surface area contributed by atoms with Crippen molar-refractivity contribution in [2.24, 2.45) is 0 Å². The molecule has 1 atom stereocenters. The highest BCUT2D eigenvalue weighted by Crippen LogP contribution is 2.35. The molecule has 1 heterocycles. The van der Waals surface area contributed by atoms with Crippen LogP contribution in [0.1, 0.15) is 47.0 Å². The first-order chi connectivity index (χ1) is 9.54. The molecule has 122 valence electrons. The number of hydrogen-bond acceptors (Lipinski definition) is 4. The van der Waals surface area contributed by atoms with Gasteiger partial charge in [-0.3, -0.25) is 9.69 Å². The number of amides is 1. The van der Waals surface area contributed by atoms with Gasteiger partial charge in [-0.25, -0.2) is 13.6 Å². The number of nitrogens with zero attached hydrogens (tertiary/aromatic N) is 1. The predicted octanol–water partition coefficient (Wildman–Crippen LogP) is 2.97. The van der Waals surface area contributed by atoms with Gasteiger partial charge in [0.15, 0.2) is 0 Å². The average molecular weight is 307 g/mol. The van der Waals surface area contributed by atoms with E-state index in [1.807, 2.05) is 0 Å². The Bertz CT molecular complexity index is 393. The zero-order valence-electron chi connectivity index (χ0n) is 12.9. The molecule has 1 aliphatic heterocycles. The van der Waals surface area contributed by atoms with Gasteiger partial charge < -0.3 is 9.47 Å². The molecule has 0 aromatic carbocycles. The molecule has 0 saturated carbocycles. The molecule has 0 bridgehead atoms. The number of rotatable bonds is 4. The molecule has 21 heavy (non-hydrogen) atoms. The fourth-order valence-corrected chi connectivity index (χ4v) is 2.21. The average Bonchev–Trinajstić information content (AvgIpc) is 2.60. The number of carbonyl (C=O) groups excluding carboxylic acids is 2. The number of likely N-dealkylation sites (tertiary alicyclic amines) is 1. The molecule has 0 radical (unpaired) electrons. The van der Waals surface area contributed by atoms with E-state index in [0.29, 0.717) is 0 Å². The van der Waals surface area contributed by atoms with Crippen molar-refractivity contribution in [1.29, 1.82) is 0 Å². The van der Waals surface area contributed by atoms with Gasteiger partial charge >= 0.3 is 12.1 Å². The summed E-state index contributed by atoms with van der Waals surface area (Å²) >= 11 is 0. The zero-order chi connectivity index (χ0) is 16.3. The van der Waals surface area contributed by atoms with E-state index in [0.717, 1.165) is 4.90 Å². The van der Waals surface area contributed by atoms with Crippen LogP contribution in [0.4, 0.5) is 13.6 Å². The molecule has 1 saturated heterocycles. The summed E-state index contributed by atoms with van der Waals surface area (Å²) < 4.78 is 37.0. The number of esters is 1. The molecule has 1 rings (SSSR count). The van der Waals surface area contributed by atoms with Crippen molar-refractivity contribution < 1.29 is 27.8 Å². The van der Waals surface area contributed by atoms with E-state index in [2.05, 4.69) is 0 Å². The van der Waals surface area contributed by atoms with Crippen LogP contribution in [-0.2, 0) is 14.3 Å². The summed E-state index contributed by atoms with van der Waals surface area (Å²) in [7, 11) is 0. The van der Waals surface area contributed by atoms with Gasteiger partial charge in [0, 0.05) is 18.9 Å². The third-order valence-electron chi connectivity index (χ3n) is 2.99. The van der Waals surface area contributed by atoms with E-state index in [9.17, 15) is 18.4 Å². The van der Waals surface area contributed by atoms with Crippen molar-refractivity contribution in [3.05, 3.63) is 0 Å². The van der Waals surface area contributed by atoms with Crippen molar-refractivity contribution in [2.45, 2.75) is 64.5 Å². The Balaban J connectivity index is 2.66. The van der Waals surface area contributed by atoms with Gasteiger partial charge in [-0.05, 0) is 34.1 Å². The van der Waals surface area contributed by atoms with Crippen molar-refractivity contribution in [3.63, 3.8) is 0 Å². The van der Waals surface area contributed by atoms with Crippen LogP contribution in [0.2, 0.25) is 0 Å². The van der Waals surface area contributed by atoms with Gasteiger partial charge in [-0.2, -0.15) is 0 Å². The topological polar surface area (TPSA) is 55.8 Å². The fraction of sp³-hybridized carbons (Fsp3) is 0.857. The maximum atomic E-state index is 13.5. The molecule has 5 nitrogen and oxygen atoms in total. The lowest BCUT2D eigenvalue weighted by atomic mass is 10.1. The summed E-state index contributed by atoms with van der Waals surface area (Å²) in [6, 6.07) is -0.709. The van der Waals surface area contributed by atoms with Gasteiger partial charge in [0.2, 0.25) is 0 Å². The van der Waals surface area contributed by atoms with E-state index in [1.54, 1.807) is 27.7 Å². The lowest BCUT2D eigenvalue weighted by Crippen LogP contribution is -2.40. The zero-order valence-corrected chi connectivity index (χ0v) is 12.9. The molecule has 0 aromatic heterocycles. The molecular weight excluding hydrogens is 284 g/mol. The van der Waals surface area contributed by atoms with Crippen LogP contribution in [0.3, 0.4) is 0 Å². The second-order valence-electron chi connectivity index (χ2n) is 6.17. The summed E-state index contributed by atoms with van der Waals surface area (Å²) in [6.07, 6.45) is -1.07. The number of carbonyl (C=O) groups is 2. The van der Waals surface area contributed by atoms with E-state index in [4.69, 9.17) is 9.47 Å². The first kappa shape index (κ1) is 17.7. The van der Waals surface area contributed by atoms with Gasteiger partial charge in [-0.1, -0.05) is 0 Å². The van der Waals surface area contributed by atoms with Crippen molar-refractivity contribution in [2.75, 3.05) is 13.2 Å². The van der Waals surface area contributed by atoms with Crippen LogP contribution in [0.5, 0.6) is 0 Å². The fourth-order valence-electron chi connectivity index (χ4n) is 2.21. The second-order valence-corrected chi connectivity index (χ2v) is 6.17. The Labute approximate surface area is 123 Å². The molecule has 1 unspecified atom stereocenters. The summed E-state index contributed by atoms with van der Waals surface area (Å²) in [5, 5.41) is 0. The number of halogens is 2. The Morgan fingerprint density at radius 3 is 2.48 bits per heavy atom. The lowest BCUT2D eigenvalue weighted by molar-refractivity contribution is -0.143. The molecule has 0 aliphatic carbocycles. The van der Waals surface area contributed by atoms with E-state index < -0.39 is 42.6 Å². The smallest absolute Gasteiger partial charge is 0.410 e. The maximum absolute atomic E-state index is 13.5. The second kappa shape index (κ2) is 6.58.